The summed E-state index contributed by atoms with van der Waals surface area (Å²) in [6.07, 6.45) is -51.1. The molecule has 0 fully saturated rings. The lowest BCUT2D eigenvalue weighted by atomic mass is 9.12. The van der Waals surface area contributed by atoms with Crippen LogP contribution in [0.2, 0.25) is 0 Å². The van der Waals surface area contributed by atoms with Crippen LogP contribution >= 0.6 is 0 Å². The van der Waals surface area contributed by atoms with Gasteiger partial charge in [-0.25, -0.2) is 0 Å². The topological polar surface area (TPSA) is 30.2 Å². The molecule has 6 aromatic rings. The van der Waals surface area contributed by atoms with Gasteiger partial charge in [-0.05, 0) is 36.4 Å². The smallest absolute Gasteiger partial charge is 0.416 e. The van der Waals surface area contributed by atoms with E-state index < -0.39 is 195 Å². The third kappa shape index (κ3) is 13.2. The molecule has 6 rings (SSSR count). The maximum absolute atomic E-state index is 14.2. The van der Waals surface area contributed by atoms with E-state index in [2.05, 4.69) is 0 Å². The van der Waals surface area contributed by atoms with Crippen LogP contribution in [0.1, 0.15) is 54.9 Å². The molecule has 1 aromatic heterocycles. The number of ether oxygens (including phenoxy) is 1. The number of nitrogens with zero attached hydrogens (tertiary/aromatic N) is 1. The summed E-state index contributed by atoms with van der Waals surface area (Å²) in [5, 5.41) is 0. The quantitative estimate of drug-likeness (QED) is 0.0658. The lowest BCUT2D eigenvalue weighted by Crippen LogP contribution is -2.75. The van der Waals surface area contributed by atoms with E-state index in [4.69, 9.17) is 4.74 Å². The van der Waals surface area contributed by atoms with E-state index in [1.165, 1.54) is 0 Å². The van der Waals surface area contributed by atoms with Crippen molar-refractivity contribution in [1.29, 1.82) is 0 Å². The Hall–Kier alpha value is -6.90. The molecule has 0 saturated heterocycles. The number of carbonyl (C=O) groups is 1. The van der Waals surface area contributed by atoms with Crippen molar-refractivity contribution in [2.24, 2.45) is 0 Å². The Morgan fingerprint density at radius 2 is 0.622 bits per heavy atom. The number of hydrogen-bond acceptors (Lipinski definition) is 2. The Morgan fingerprint density at radius 1 is 0.378 bits per heavy atom. The number of rotatable bonds is 8. The first-order valence-corrected chi connectivity index (χ1v) is 20.0. The van der Waals surface area contributed by atoms with Gasteiger partial charge in [-0.3, -0.25) is 4.79 Å². The Labute approximate surface area is 399 Å². The molecular weight excluding hydrogens is 1070 g/mol. The fourth-order valence-corrected chi connectivity index (χ4v) is 7.74. The fraction of sp³-hybridized carbons (Fsp3) is 0.217. The third-order valence-electron chi connectivity index (χ3n) is 11.0. The number of Topliss-reactive ketones (excluding diaryl/α,β-unsaturated/α-hetero) is 1. The molecule has 74 heavy (non-hydrogen) atoms. The zero-order valence-electron chi connectivity index (χ0n) is 36.2. The van der Waals surface area contributed by atoms with Crippen molar-refractivity contribution in [2.75, 3.05) is 7.11 Å². The van der Waals surface area contributed by atoms with Crippen molar-refractivity contribution in [3.63, 3.8) is 0 Å². The van der Waals surface area contributed by atoms with E-state index in [1.807, 2.05) is 47.3 Å². The largest absolute Gasteiger partial charge is 0.496 e. The number of alkyl halides is 24. The third-order valence-corrected chi connectivity index (χ3v) is 11.0. The number of carbonyl (C=O) groups excluding carboxylic acids is 1. The van der Waals surface area contributed by atoms with Gasteiger partial charge < -0.3 is 4.74 Å². The molecule has 398 valence electrons. The standard InChI is InChI=1S/C32H12BF24.C14H14NO2/c34-25(35,36)13-1-14(26(37,38)39)6-21(5-13)33(22-7-15(27(40,41)42)2-16(8-22)28(43,44)45,23-9-17(29(46,47)48)3-18(10-23)30(49,50)51)24-11-19(31(52,53)54)4-20(12-24)32(55,56)57;1-17-14-8-4-3-7-12(14)13(16)11-15-9-5-2-6-10-15/h1-12H;2-10H,11H2,1H3/q-1;+1. The zero-order chi connectivity index (χ0) is 56.0. The Bertz CT molecular complexity index is 2540. The molecule has 0 aliphatic carbocycles. The number of hydrogen-bond donors (Lipinski definition) is 0. The Kier molecular flexibility index (Phi) is 15.7. The molecule has 1 heterocycles. The van der Waals surface area contributed by atoms with Crippen molar-refractivity contribution in [2.45, 2.75) is 56.0 Å². The maximum Gasteiger partial charge on any atom is 0.416 e. The van der Waals surface area contributed by atoms with Crippen LogP contribution < -0.4 is 31.2 Å². The molecule has 5 aromatic carbocycles. The zero-order valence-corrected chi connectivity index (χ0v) is 36.2. The second-order valence-electron chi connectivity index (χ2n) is 15.9. The first-order chi connectivity index (χ1) is 33.6. The summed E-state index contributed by atoms with van der Waals surface area (Å²) in [6.45, 7) is 0.321. The maximum atomic E-state index is 14.2. The van der Waals surface area contributed by atoms with Gasteiger partial charge in [0.15, 0.2) is 12.4 Å². The monoisotopic (exact) mass is 1090 g/mol. The van der Waals surface area contributed by atoms with Gasteiger partial charge in [0.2, 0.25) is 12.3 Å². The average molecular weight is 1090 g/mol. The van der Waals surface area contributed by atoms with E-state index >= 15 is 0 Å². The molecule has 0 aliphatic rings. The SMILES string of the molecule is COc1ccccc1C(=O)C[n+]1ccccc1.FC(F)(F)c1cc([B-](c2cc(C(F)(F)F)cc(C(F)(F)F)c2)(c2cc(C(F)(F)F)cc(C(F)(F)F)c2)c2cc(C(F)(F)F)cc(C(F)(F)F)c2)cc(C(F)(F)F)c1. The number of halogens is 24. The summed E-state index contributed by atoms with van der Waals surface area (Å²) in [5.41, 5.74) is -29.6. The van der Waals surface area contributed by atoms with Crippen molar-refractivity contribution < 1.29 is 119 Å². The molecule has 0 N–H and O–H groups in total. The van der Waals surface area contributed by atoms with Crippen LogP contribution in [0.15, 0.2) is 128 Å². The molecule has 28 heteroatoms. The molecule has 0 unspecified atom stereocenters. The molecule has 0 spiro atoms. The second-order valence-corrected chi connectivity index (χ2v) is 15.9. The highest BCUT2D eigenvalue weighted by atomic mass is 19.4. The van der Waals surface area contributed by atoms with Crippen LogP contribution in [0.3, 0.4) is 0 Å². The van der Waals surface area contributed by atoms with E-state index in [9.17, 15) is 110 Å². The van der Waals surface area contributed by atoms with Crippen molar-refractivity contribution in [1.82, 2.24) is 0 Å². The number of methoxy groups -OCH3 is 1. The summed E-state index contributed by atoms with van der Waals surface area (Å²) in [5.74, 6) is 0.660. The van der Waals surface area contributed by atoms with Gasteiger partial charge in [-0.2, -0.15) is 132 Å². The van der Waals surface area contributed by atoms with Gasteiger partial charge in [0.1, 0.15) is 11.9 Å². The highest BCUT2D eigenvalue weighted by Gasteiger charge is 2.47. The highest BCUT2D eigenvalue weighted by molar-refractivity contribution is 7.20. The molecule has 0 radical (unpaired) electrons. The number of pyridine rings is 1. The van der Waals surface area contributed by atoms with E-state index in [0.717, 1.165) is 0 Å². The van der Waals surface area contributed by atoms with E-state index in [-0.39, 0.29) is 5.78 Å². The predicted molar refractivity (Wildman–Crippen MR) is 214 cm³/mol. The highest BCUT2D eigenvalue weighted by Crippen LogP contribution is 2.41. The lowest BCUT2D eigenvalue weighted by molar-refractivity contribution is -0.683. The minimum Gasteiger partial charge on any atom is -0.496 e. The van der Waals surface area contributed by atoms with E-state index in [1.54, 1.807) is 19.2 Å². The molecule has 0 atom stereocenters. The number of para-hydroxylation sites is 1. The number of benzene rings is 5. The van der Waals surface area contributed by atoms with E-state index in [0.29, 0.717) is 17.9 Å². The first-order valence-electron chi connectivity index (χ1n) is 20.0. The molecule has 0 bridgehead atoms. The Balaban J connectivity index is 0.000000500. The van der Waals surface area contributed by atoms with Gasteiger partial charge >= 0.3 is 49.4 Å². The van der Waals surface area contributed by atoms with Crippen LogP contribution in [0.5, 0.6) is 5.75 Å². The van der Waals surface area contributed by atoms with Gasteiger partial charge in [-0.1, -0.05) is 66.7 Å². The second kappa shape index (κ2) is 20.1. The molecular formula is C46H26BF24NO2. The summed E-state index contributed by atoms with van der Waals surface area (Å²) < 4.78 is 348. The summed E-state index contributed by atoms with van der Waals surface area (Å²) >= 11 is 0. The number of ketones is 1. The minimum absolute atomic E-state index is 0.0404. The van der Waals surface area contributed by atoms with Crippen LogP contribution in [-0.4, -0.2) is 19.0 Å². The number of aromatic nitrogens is 1. The van der Waals surface area contributed by atoms with Crippen LogP contribution in [0.4, 0.5) is 105 Å². The summed E-state index contributed by atoms with van der Waals surface area (Å²) in [6, 6.07) is 4.18. The van der Waals surface area contributed by atoms with Gasteiger partial charge in [0.05, 0.1) is 57.2 Å². The van der Waals surface area contributed by atoms with Gasteiger partial charge in [-0.15, -0.1) is 0 Å². The predicted octanol–water partition coefficient (Wildman–Crippen LogP) is 13.1. The lowest BCUT2D eigenvalue weighted by Gasteiger charge is -2.46. The normalized spacial score (nSPS) is 13.3. The summed E-state index contributed by atoms with van der Waals surface area (Å²) in [7, 11) is 1.57. The van der Waals surface area contributed by atoms with Crippen LogP contribution in [0, 0.1) is 0 Å². The van der Waals surface area contributed by atoms with Crippen LogP contribution in [0.25, 0.3) is 0 Å². The van der Waals surface area contributed by atoms with Crippen molar-refractivity contribution >= 4 is 33.8 Å². The Morgan fingerprint density at radius 3 is 0.851 bits per heavy atom. The fourth-order valence-electron chi connectivity index (χ4n) is 7.74. The van der Waals surface area contributed by atoms with Crippen LogP contribution in [-0.2, 0) is 56.0 Å². The van der Waals surface area contributed by atoms with Crippen molar-refractivity contribution in [3.05, 3.63) is 178 Å². The van der Waals surface area contributed by atoms with Crippen molar-refractivity contribution in [3.8, 4) is 5.75 Å². The average Bonchev–Trinajstić information content (AvgIpc) is 3.27. The molecule has 3 nitrogen and oxygen atoms in total. The first kappa shape index (κ1) is 58.0. The summed E-state index contributed by atoms with van der Waals surface area (Å²) in [4.78, 5) is 12.1. The van der Waals surface area contributed by atoms with Gasteiger partial charge in [0.25, 0.3) is 0 Å². The van der Waals surface area contributed by atoms with Gasteiger partial charge in [0, 0.05) is 12.1 Å². The molecule has 0 amide bonds. The molecule has 0 saturated carbocycles. The minimum atomic E-state index is -6.13. The molecule has 0 aliphatic heterocycles.